The van der Waals surface area contributed by atoms with Gasteiger partial charge in [0.1, 0.15) is 0 Å². The Balaban J connectivity index is 1.71. The van der Waals surface area contributed by atoms with Gasteiger partial charge in [0, 0.05) is 17.0 Å². The van der Waals surface area contributed by atoms with Crippen LogP contribution in [0.3, 0.4) is 0 Å². The third-order valence-corrected chi connectivity index (χ3v) is 5.20. The van der Waals surface area contributed by atoms with Gasteiger partial charge in [0.05, 0.1) is 0 Å². The summed E-state index contributed by atoms with van der Waals surface area (Å²) >= 11 is 1.93. The summed E-state index contributed by atoms with van der Waals surface area (Å²) in [5, 5.41) is 6.13. The van der Waals surface area contributed by atoms with Crippen LogP contribution in [0.2, 0.25) is 0 Å². The normalized spacial score (nSPS) is 24.5. The molecule has 1 N–H and O–H groups in total. The van der Waals surface area contributed by atoms with E-state index in [4.69, 9.17) is 0 Å². The van der Waals surface area contributed by atoms with Crippen molar-refractivity contribution in [2.24, 2.45) is 5.92 Å². The molecule has 16 heavy (non-hydrogen) atoms. The van der Waals surface area contributed by atoms with Crippen LogP contribution in [0, 0.1) is 5.92 Å². The molecular weight excluding hydrogens is 214 g/mol. The summed E-state index contributed by atoms with van der Waals surface area (Å²) in [6.07, 6.45) is 9.98. The van der Waals surface area contributed by atoms with Crippen LogP contribution in [0.5, 0.6) is 0 Å². The Morgan fingerprint density at radius 1 is 1.12 bits per heavy atom. The van der Waals surface area contributed by atoms with Crippen molar-refractivity contribution in [1.29, 1.82) is 0 Å². The zero-order chi connectivity index (χ0) is 10.8. The zero-order valence-corrected chi connectivity index (χ0v) is 10.6. The van der Waals surface area contributed by atoms with E-state index in [1.807, 2.05) is 11.3 Å². The molecule has 0 saturated heterocycles. The standard InChI is InChI=1S/C14H21NS/c1-2-6-11(5-1)14(13-9-4-10-16-13)15-12-7-3-8-12/h4,9-12,14-15H,1-3,5-8H2. The van der Waals surface area contributed by atoms with Gasteiger partial charge in [-0.05, 0) is 43.0 Å². The highest BCUT2D eigenvalue weighted by Crippen LogP contribution is 2.38. The monoisotopic (exact) mass is 235 g/mol. The first-order valence-electron chi connectivity index (χ1n) is 6.73. The van der Waals surface area contributed by atoms with Crippen LogP contribution in [0.25, 0.3) is 0 Å². The van der Waals surface area contributed by atoms with E-state index in [2.05, 4.69) is 22.8 Å². The molecule has 1 atom stereocenters. The maximum Gasteiger partial charge on any atom is 0.0445 e. The number of rotatable bonds is 4. The van der Waals surface area contributed by atoms with Crippen molar-refractivity contribution in [2.45, 2.75) is 57.0 Å². The lowest BCUT2D eigenvalue weighted by Gasteiger charge is -2.34. The van der Waals surface area contributed by atoms with E-state index < -0.39 is 0 Å². The van der Waals surface area contributed by atoms with Crippen LogP contribution in [-0.4, -0.2) is 6.04 Å². The molecule has 1 unspecified atom stereocenters. The van der Waals surface area contributed by atoms with Crippen molar-refractivity contribution >= 4 is 11.3 Å². The Morgan fingerprint density at radius 2 is 1.94 bits per heavy atom. The van der Waals surface area contributed by atoms with Gasteiger partial charge in [0.15, 0.2) is 0 Å². The van der Waals surface area contributed by atoms with Crippen LogP contribution in [-0.2, 0) is 0 Å². The van der Waals surface area contributed by atoms with Crippen LogP contribution in [0.4, 0.5) is 0 Å². The van der Waals surface area contributed by atoms with E-state index in [0.717, 1.165) is 12.0 Å². The minimum Gasteiger partial charge on any atom is -0.306 e. The first-order valence-corrected chi connectivity index (χ1v) is 7.61. The van der Waals surface area contributed by atoms with Crippen molar-refractivity contribution in [3.05, 3.63) is 22.4 Å². The Hall–Kier alpha value is -0.340. The minimum absolute atomic E-state index is 0.660. The Morgan fingerprint density at radius 3 is 2.50 bits per heavy atom. The van der Waals surface area contributed by atoms with Gasteiger partial charge in [-0.25, -0.2) is 0 Å². The van der Waals surface area contributed by atoms with Crippen molar-refractivity contribution in [1.82, 2.24) is 5.32 Å². The second-order valence-corrected chi connectivity index (χ2v) is 6.31. The minimum atomic E-state index is 0.660. The smallest absolute Gasteiger partial charge is 0.0445 e. The average molecular weight is 235 g/mol. The first-order chi connectivity index (χ1) is 7.93. The van der Waals surface area contributed by atoms with Crippen molar-refractivity contribution in [3.8, 4) is 0 Å². The van der Waals surface area contributed by atoms with E-state index >= 15 is 0 Å². The summed E-state index contributed by atoms with van der Waals surface area (Å²) in [6.45, 7) is 0. The van der Waals surface area contributed by atoms with Crippen LogP contribution >= 0.6 is 11.3 Å². The predicted molar refractivity (Wildman–Crippen MR) is 69.8 cm³/mol. The van der Waals surface area contributed by atoms with Gasteiger partial charge in [0.2, 0.25) is 0 Å². The van der Waals surface area contributed by atoms with Crippen LogP contribution in [0.15, 0.2) is 17.5 Å². The quantitative estimate of drug-likeness (QED) is 0.827. The maximum absolute atomic E-state index is 3.91. The lowest BCUT2D eigenvalue weighted by atomic mass is 9.89. The summed E-state index contributed by atoms with van der Waals surface area (Å²) < 4.78 is 0. The zero-order valence-electron chi connectivity index (χ0n) is 9.82. The number of hydrogen-bond donors (Lipinski definition) is 1. The molecule has 0 spiro atoms. The summed E-state index contributed by atoms with van der Waals surface area (Å²) in [5.74, 6) is 0.902. The Labute approximate surface area is 102 Å². The van der Waals surface area contributed by atoms with E-state index in [-0.39, 0.29) is 0 Å². The second-order valence-electron chi connectivity index (χ2n) is 5.33. The van der Waals surface area contributed by atoms with E-state index in [1.165, 1.54) is 44.9 Å². The molecule has 2 heteroatoms. The Kier molecular flexibility index (Phi) is 3.30. The molecule has 3 rings (SSSR count). The number of thiophene rings is 1. The molecule has 0 radical (unpaired) electrons. The molecule has 1 heterocycles. The fraction of sp³-hybridized carbons (Fsp3) is 0.714. The third kappa shape index (κ3) is 2.18. The highest BCUT2D eigenvalue weighted by molar-refractivity contribution is 7.10. The molecule has 2 aliphatic rings. The molecular formula is C14H21NS. The fourth-order valence-corrected chi connectivity index (χ4v) is 3.92. The highest BCUT2D eigenvalue weighted by Gasteiger charge is 2.30. The molecule has 2 fully saturated rings. The largest absolute Gasteiger partial charge is 0.306 e. The lowest BCUT2D eigenvalue weighted by Crippen LogP contribution is -2.40. The average Bonchev–Trinajstić information content (AvgIpc) is 2.87. The van der Waals surface area contributed by atoms with E-state index in [1.54, 1.807) is 4.88 Å². The Bertz CT molecular complexity index is 309. The molecule has 2 saturated carbocycles. The summed E-state index contributed by atoms with van der Waals surface area (Å²) in [4.78, 5) is 1.57. The van der Waals surface area contributed by atoms with Gasteiger partial charge < -0.3 is 5.32 Å². The van der Waals surface area contributed by atoms with Crippen molar-refractivity contribution in [3.63, 3.8) is 0 Å². The third-order valence-electron chi connectivity index (χ3n) is 4.24. The molecule has 0 aromatic carbocycles. The highest BCUT2D eigenvalue weighted by atomic mass is 32.1. The van der Waals surface area contributed by atoms with Crippen molar-refractivity contribution in [2.75, 3.05) is 0 Å². The molecule has 1 nitrogen and oxygen atoms in total. The summed E-state index contributed by atoms with van der Waals surface area (Å²) in [5.41, 5.74) is 0. The van der Waals surface area contributed by atoms with Crippen molar-refractivity contribution < 1.29 is 0 Å². The summed E-state index contributed by atoms with van der Waals surface area (Å²) in [6, 6.07) is 5.99. The molecule has 0 bridgehead atoms. The van der Waals surface area contributed by atoms with Gasteiger partial charge in [-0.15, -0.1) is 11.3 Å². The van der Waals surface area contributed by atoms with Gasteiger partial charge in [-0.3, -0.25) is 0 Å². The molecule has 2 aliphatic carbocycles. The summed E-state index contributed by atoms with van der Waals surface area (Å²) in [7, 11) is 0. The molecule has 0 aliphatic heterocycles. The number of hydrogen-bond acceptors (Lipinski definition) is 2. The van der Waals surface area contributed by atoms with Gasteiger partial charge in [-0.2, -0.15) is 0 Å². The fourth-order valence-electron chi connectivity index (χ4n) is 3.04. The molecule has 1 aromatic rings. The topological polar surface area (TPSA) is 12.0 Å². The maximum atomic E-state index is 3.91. The van der Waals surface area contributed by atoms with Gasteiger partial charge in [-0.1, -0.05) is 25.3 Å². The van der Waals surface area contributed by atoms with Gasteiger partial charge >= 0.3 is 0 Å². The lowest BCUT2D eigenvalue weighted by molar-refractivity contribution is 0.260. The second kappa shape index (κ2) is 4.89. The SMILES string of the molecule is c1csc(C(NC2CCC2)C2CCCC2)c1. The first kappa shape index (κ1) is 10.8. The van der Waals surface area contributed by atoms with E-state index in [9.17, 15) is 0 Å². The predicted octanol–water partition coefficient (Wildman–Crippen LogP) is 4.12. The molecule has 88 valence electrons. The molecule has 1 aromatic heterocycles. The molecule has 0 amide bonds. The van der Waals surface area contributed by atoms with Crippen LogP contribution < -0.4 is 5.32 Å². The van der Waals surface area contributed by atoms with Crippen LogP contribution in [0.1, 0.15) is 55.9 Å². The number of nitrogens with one attached hydrogen (secondary N) is 1. The van der Waals surface area contributed by atoms with E-state index in [0.29, 0.717) is 6.04 Å². The van der Waals surface area contributed by atoms with Gasteiger partial charge in [0.25, 0.3) is 0 Å².